The summed E-state index contributed by atoms with van der Waals surface area (Å²) >= 11 is 5.44. The molecule has 1 aromatic rings. The molecule has 2 rings (SSSR count). The summed E-state index contributed by atoms with van der Waals surface area (Å²) in [5.41, 5.74) is 6.51. The molecular weight excluding hydrogens is 332 g/mol. The number of hydrogen-bond acceptors (Lipinski definition) is 3. The average Bonchev–Trinajstić information content (AvgIpc) is 2.74. The number of rotatable bonds is 5. The first-order valence-corrected chi connectivity index (χ1v) is 9.59. The molecule has 0 spiro atoms. The van der Waals surface area contributed by atoms with E-state index in [1.807, 2.05) is 11.3 Å². The van der Waals surface area contributed by atoms with E-state index in [0.29, 0.717) is 12.1 Å². The highest BCUT2D eigenvalue weighted by atomic mass is 79.9. The molecule has 0 radical (unpaired) electrons. The lowest BCUT2D eigenvalue weighted by atomic mass is 9.99. The van der Waals surface area contributed by atoms with Crippen LogP contribution >= 0.6 is 27.3 Å². The molecule has 0 aromatic carbocycles. The number of thiophene rings is 1. The van der Waals surface area contributed by atoms with E-state index in [1.165, 1.54) is 48.0 Å². The summed E-state index contributed by atoms with van der Waals surface area (Å²) in [5, 5.41) is 2.18. The van der Waals surface area contributed by atoms with Crippen molar-refractivity contribution in [2.75, 3.05) is 6.54 Å². The fourth-order valence-corrected chi connectivity index (χ4v) is 4.97. The zero-order chi connectivity index (χ0) is 14.5. The Morgan fingerprint density at radius 1 is 1.40 bits per heavy atom. The van der Waals surface area contributed by atoms with Crippen LogP contribution in [0.5, 0.6) is 0 Å². The molecule has 2 nitrogen and oxygen atoms in total. The fraction of sp³-hybridized carbons (Fsp3) is 0.750. The molecule has 3 unspecified atom stereocenters. The van der Waals surface area contributed by atoms with Crippen LogP contribution in [-0.4, -0.2) is 23.5 Å². The standard InChI is InChI=1S/C16H27BrN2S/c1-3-13-8-6-5-7-9-19(13)16(14(18)4-2)15-10-12(17)11-20-15/h10-11,13-14,16H,3-9,18H2,1-2H3. The Morgan fingerprint density at radius 2 is 2.20 bits per heavy atom. The largest absolute Gasteiger partial charge is 0.326 e. The summed E-state index contributed by atoms with van der Waals surface area (Å²) in [4.78, 5) is 4.13. The quantitative estimate of drug-likeness (QED) is 0.807. The van der Waals surface area contributed by atoms with Gasteiger partial charge in [0.1, 0.15) is 0 Å². The Hall–Kier alpha value is 0.1000. The van der Waals surface area contributed by atoms with Crippen molar-refractivity contribution in [1.29, 1.82) is 0 Å². The van der Waals surface area contributed by atoms with Gasteiger partial charge in [0.05, 0.1) is 6.04 Å². The molecule has 0 aliphatic carbocycles. The Kier molecular flexibility index (Phi) is 6.53. The van der Waals surface area contributed by atoms with Crippen LogP contribution in [0.25, 0.3) is 0 Å². The Labute approximate surface area is 135 Å². The molecule has 1 saturated heterocycles. The zero-order valence-electron chi connectivity index (χ0n) is 12.6. The first-order chi connectivity index (χ1) is 9.67. The van der Waals surface area contributed by atoms with Crippen molar-refractivity contribution in [3.8, 4) is 0 Å². The molecule has 20 heavy (non-hydrogen) atoms. The molecular formula is C16H27BrN2S. The Balaban J connectivity index is 2.28. The van der Waals surface area contributed by atoms with Gasteiger partial charge in [-0.05, 0) is 54.2 Å². The normalized spacial score (nSPS) is 24.3. The van der Waals surface area contributed by atoms with Crippen molar-refractivity contribution in [3.05, 3.63) is 20.8 Å². The van der Waals surface area contributed by atoms with Gasteiger partial charge in [-0.2, -0.15) is 0 Å². The average molecular weight is 359 g/mol. The third kappa shape index (κ3) is 3.85. The van der Waals surface area contributed by atoms with Crippen LogP contribution in [-0.2, 0) is 0 Å². The Bertz CT molecular complexity index is 407. The lowest BCUT2D eigenvalue weighted by Crippen LogP contribution is -2.45. The monoisotopic (exact) mass is 358 g/mol. The molecule has 2 N–H and O–H groups in total. The van der Waals surface area contributed by atoms with Gasteiger partial charge in [-0.1, -0.05) is 26.7 Å². The van der Waals surface area contributed by atoms with Gasteiger partial charge in [0.25, 0.3) is 0 Å². The second kappa shape index (κ2) is 7.92. The fourth-order valence-electron chi connectivity index (χ4n) is 3.33. The predicted molar refractivity (Wildman–Crippen MR) is 92.3 cm³/mol. The lowest BCUT2D eigenvalue weighted by Gasteiger charge is -2.39. The highest BCUT2D eigenvalue weighted by Crippen LogP contribution is 2.36. The maximum Gasteiger partial charge on any atom is 0.0596 e. The maximum atomic E-state index is 6.51. The molecule has 4 heteroatoms. The summed E-state index contributed by atoms with van der Waals surface area (Å²) in [6, 6.07) is 3.58. The maximum absolute atomic E-state index is 6.51. The first-order valence-electron chi connectivity index (χ1n) is 7.92. The van der Waals surface area contributed by atoms with Crippen LogP contribution in [0.3, 0.4) is 0 Å². The molecule has 2 heterocycles. The van der Waals surface area contributed by atoms with Crippen LogP contribution in [0.4, 0.5) is 0 Å². The molecule has 114 valence electrons. The Morgan fingerprint density at radius 3 is 2.80 bits per heavy atom. The van der Waals surface area contributed by atoms with E-state index in [2.05, 4.69) is 46.1 Å². The topological polar surface area (TPSA) is 29.3 Å². The van der Waals surface area contributed by atoms with Crippen molar-refractivity contribution in [3.63, 3.8) is 0 Å². The lowest BCUT2D eigenvalue weighted by molar-refractivity contribution is 0.114. The van der Waals surface area contributed by atoms with Crippen LogP contribution in [0.1, 0.15) is 63.3 Å². The van der Waals surface area contributed by atoms with Gasteiger partial charge in [0, 0.05) is 26.8 Å². The molecule has 1 aromatic heterocycles. The van der Waals surface area contributed by atoms with E-state index < -0.39 is 0 Å². The van der Waals surface area contributed by atoms with E-state index in [0.717, 1.165) is 6.42 Å². The molecule has 3 atom stereocenters. The van der Waals surface area contributed by atoms with Crippen LogP contribution in [0.2, 0.25) is 0 Å². The molecule has 0 saturated carbocycles. The van der Waals surface area contributed by atoms with Crippen LogP contribution in [0.15, 0.2) is 15.9 Å². The molecule has 0 bridgehead atoms. The minimum atomic E-state index is 0.229. The molecule has 0 amide bonds. The van der Waals surface area contributed by atoms with Gasteiger partial charge in [-0.3, -0.25) is 4.90 Å². The highest BCUT2D eigenvalue weighted by molar-refractivity contribution is 9.10. The minimum absolute atomic E-state index is 0.229. The van der Waals surface area contributed by atoms with E-state index >= 15 is 0 Å². The van der Waals surface area contributed by atoms with Crippen LogP contribution < -0.4 is 5.73 Å². The number of likely N-dealkylation sites (tertiary alicyclic amines) is 1. The number of hydrogen-bond donors (Lipinski definition) is 1. The van der Waals surface area contributed by atoms with Crippen molar-refractivity contribution >= 4 is 27.3 Å². The summed E-state index contributed by atoms with van der Waals surface area (Å²) in [6.45, 7) is 5.73. The van der Waals surface area contributed by atoms with Gasteiger partial charge in [-0.15, -0.1) is 11.3 Å². The van der Waals surface area contributed by atoms with Crippen molar-refractivity contribution < 1.29 is 0 Å². The third-order valence-electron chi connectivity index (χ3n) is 4.51. The number of nitrogens with two attached hydrogens (primary N) is 1. The van der Waals surface area contributed by atoms with E-state index in [4.69, 9.17) is 5.73 Å². The van der Waals surface area contributed by atoms with Crippen molar-refractivity contribution in [2.24, 2.45) is 5.73 Å². The molecule has 1 fully saturated rings. The second-order valence-corrected chi connectivity index (χ2v) is 7.69. The van der Waals surface area contributed by atoms with E-state index in [-0.39, 0.29) is 6.04 Å². The number of halogens is 1. The predicted octanol–water partition coefficient (Wildman–Crippen LogP) is 4.94. The smallest absolute Gasteiger partial charge is 0.0596 e. The SMILES string of the molecule is CCC(N)C(c1cc(Br)cs1)N1CCCCCC1CC. The van der Waals surface area contributed by atoms with Gasteiger partial charge >= 0.3 is 0 Å². The van der Waals surface area contributed by atoms with E-state index in [1.54, 1.807) is 0 Å². The van der Waals surface area contributed by atoms with Crippen molar-refractivity contribution in [2.45, 2.75) is 70.5 Å². The molecule has 1 aliphatic rings. The van der Waals surface area contributed by atoms with Gasteiger partial charge in [-0.25, -0.2) is 0 Å². The number of nitrogens with zero attached hydrogens (tertiary/aromatic N) is 1. The van der Waals surface area contributed by atoms with Gasteiger partial charge in [0.2, 0.25) is 0 Å². The summed E-state index contributed by atoms with van der Waals surface area (Å²) in [5.74, 6) is 0. The summed E-state index contributed by atoms with van der Waals surface area (Å²) < 4.78 is 1.19. The van der Waals surface area contributed by atoms with Crippen LogP contribution in [0, 0.1) is 0 Å². The van der Waals surface area contributed by atoms with Gasteiger partial charge < -0.3 is 5.73 Å². The zero-order valence-corrected chi connectivity index (χ0v) is 15.0. The van der Waals surface area contributed by atoms with Crippen molar-refractivity contribution in [1.82, 2.24) is 4.90 Å². The molecule has 1 aliphatic heterocycles. The summed E-state index contributed by atoms with van der Waals surface area (Å²) in [6.07, 6.45) is 7.66. The van der Waals surface area contributed by atoms with E-state index in [9.17, 15) is 0 Å². The van der Waals surface area contributed by atoms with Gasteiger partial charge in [0.15, 0.2) is 0 Å². The third-order valence-corrected chi connectivity index (χ3v) is 6.27. The highest BCUT2D eigenvalue weighted by Gasteiger charge is 2.32. The minimum Gasteiger partial charge on any atom is -0.326 e. The summed E-state index contributed by atoms with van der Waals surface area (Å²) in [7, 11) is 0. The first kappa shape index (κ1) is 16.5. The second-order valence-electron chi connectivity index (χ2n) is 5.83.